The number of rotatable bonds is 3. The Morgan fingerprint density at radius 3 is 2.71 bits per heavy atom. The number of thiazole rings is 1. The first-order valence-corrected chi connectivity index (χ1v) is 7.33. The van der Waals surface area contributed by atoms with E-state index in [0.29, 0.717) is 21.2 Å². The molecule has 1 aromatic heterocycles. The summed E-state index contributed by atoms with van der Waals surface area (Å²) < 4.78 is 15.5. The normalized spacial score (nSPS) is 10.6. The molecule has 0 bridgehead atoms. The van der Waals surface area contributed by atoms with Crippen LogP contribution in [0.15, 0.2) is 27.3 Å². The van der Waals surface area contributed by atoms with Crippen molar-refractivity contribution in [2.45, 2.75) is 6.54 Å². The maximum atomic E-state index is 13.6. The van der Waals surface area contributed by atoms with E-state index in [1.165, 1.54) is 17.4 Å². The lowest BCUT2D eigenvalue weighted by molar-refractivity contribution is 0.629. The van der Waals surface area contributed by atoms with Crippen molar-refractivity contribution in [1.82, 2.24) is 4.98 Å². The van der Waals surface area contributed by atoms with Crippen LogP contribution in [0.3, 0.4) is 0 Å². The fourth-order valence-corrected chi connectivity index (χ4v) is 2.78. The van der Waals surface area contributed by atoms with Gasteiger partial charge in [-0.15, -0.1) is 11.3 Å². The van der Waals surface area contributed by atoms with Crippen molar-refractivity contribution in [2.24, 2.45) is 0 Å². The SMILES string of the molecule is Fc1cc(Br)c(Br)cc1NCc1cnc(Cl)s1. The van der Waals surface area contributed by atoms with Crippen LogP contribution in [0.2, 0.25) is 4.47 Å². The minimum Gasteiger partial charge on any atom is -0.378 e. The third-order valence-corrected chi connectivity index (χ3v) is 4.95. The molecular formula is C10H6Br2ClFN2S. The van der Waals surface area contributed by atoms with Crippen molar-refractivity contribution in [2.75, 3.05) is 5.32 Å². The molecule has 90 valence electrons. The monoisotopic (exact) mass is 398 g/mol. The summed E-state index contributed by atoms with van der Waals surface area (Å²) in [5.74, 6) is -0.310. The van der Waals surface area contributed by atoms with Crippen LogP contribution in [-0.2, 0) is 6.54 Å². The number of aromatic nitrogens is 1. The summed E-state index contributed by atoms with van der Waals surface area (Å²) >= 11 is 13.6. The number of hydrogen-bond donors (Lipinski definition) is 1. The van der Waals surface area contributed by atoms with Crippen LogP contribution < -0.4 is 5.32 Å². The van der Waals surface area contributed by atoms with Crippen LogP contribution in [0.4, 0.5) is 10.1 Å². The van der Waals surface area contributed by atoms with Gasteiger partial charge < -0.3 is 5.32 Å². The first-order chi connectivity index (χ1) is 8.06. The van der Waals surface area contributed by atoms with E-state index in [4.69, 9.17) is 11.6 Å². The molecule has 1 N–H and O–H groups in total. The molecule has 0 unspecified atom stereocenters. The second-order valence-electron chi connectivity index (χ2n) is 3.18. The summed E-state index contributed by atoms with van der Waals surface area (Å²) in [6.07, 6.45) is 1.67. The molecule has 0 saturated heterocycles. The quantitative estimate of drug-likeness (QED) is 0.728. The van der Waals surface area contributed by atoms with Gasteiger partial charge in [-0.05, 0) is 44.0 Å². The fraction of sp³-hybridized carbons (Fsp3) is 0.100. The maximum Gasteiger partial charge on any atom is 0.183 e. The van der Waals surface area contributed by atoms with Gasteiger partial charge in [0.15, 0.2) is 4.47 Å². The van der Waals surface area contributed by atoms with Crippen molar-refractivity contribution in [3.05, 3.63) is 42.4 Å². The zero-order valence-corrected chi connectivity index (χ0v) is 13.1. The highest BCUT2D eigenvalue weighted by Crippen LogP contribution is 2.29. The van der Waals surface area contributed by atoms with E-state index in [1.54, 1.807) is 12.3 Å². The summed E-state index contributed by atoms with van der Waals surface area (Å²) in [4.78, 5) is 4.87. The lowest BCUT2D eigenvalue weighted by Gasteiger charge is -2.07. The average molecular weight is 400 g/mol. The Morgan fingerprint density at radius 1 is 1.35 bits per heavy atom. The fourth-order valence-electron chi connectivity index (χ4n) is 1.21. The van der Waals surface area contributed by atoms with Gasteiger partial charge in [0.05, 0.1) is 12.2 Å². The van der Waals surface area contributed by atoms with Gasteiger partial charge in [-0.1, -0.05) is 11.6 Å². The topological polar surface area (TPSA) is 24.9 Å². The van der Waals surface area contributed by atoms with E-state index >= 15 is 0 Å². The molecule has 2 rings (SSSR count). The second kappa shape index (κ2) is 5.65. The zero-order chi connectivity index (χ0) is 12.4. The third-order valence-electron chi connectivity index (χ3n) is 1.99. The molecule has 0 aliphatic carbocycles. The van der Waals surface area contributed by atoms with E-state index in [-0.39, 0.29) is 5.82 Å². The second-order valence-corrected chi connectivity index (χ2v) is 6.59. The molecule has 2 nitrogen and oxygen atoms in total. The molecule has 0 amide bonds. The molecule has 7 heteroatoms. The molecule has 1 aromatic carbocycles. The summed E-state index contributed by atoms with van der Waals surface area (Å²) in [6, 6.07) is 3.09. The van der Waals surface area contributed by atoms with E-state index < -0.39 is 0 Å². The highest BCUT2D eigenvalue weighted by molar-refractivity contribution is 9.13. The van der Waals surface area contributed by atoms with Crippen molar-refractivity contribution < 1.29 is 4.39 Å². The molecule has 2 aromatic rings. The van der Waals surface area contributed by atoms with Crippen LogP contribution in [0.5, 0.6) is 0 Å². The largest absolute Gasteiger partial charge is 0.378 e. The van der Waals surface area contributed by atoms with Gasteiger partial charge in [0.25, 0.3) is 0 Å². The van der Waals surface area contributed by atoms with Crippen molar-refractivity contribution in [1.29, 1.82) is 0 Å². The summed E-state index contributed by atoms with van der Waals surface area (Å²) in [5, 5.41) is 3.00. The highest BCUT2D eigenvalue weighted by atomic mass is 79.9. The Labute approximate surface area is 123 Å². The minimum absolute atomic E-state index is 0.310. The van der Waals surface area contributed by atoms with E-state index in [9.17, 15) is 4.39 Å². The standard InChI is InChI=1S/C10H6Br2ClFN2S/c11-6-1-8(14)9(2-7(6)12)15-3-5-4-16-10(13)17-5/h1-2,4,15H,3H2. The molecule has 0 fully saturated rings. The van der Waals surface area contributed by atoms with Crippen LogP contribution >= 0.6 is 54.8 Å². The lowest BCUT2D eigenvalue weighted by atomic mass is 10.3. The number of nitrogens with one attached hydrogen (secondary N) is 1. The summed E-state index contributed by atoms with van der Waals surface area (Å²) in [5.41, 5.74) is 0.435. The van der Waals surface area contributed by atoms with E-state index in [0.717, 1.165) is 9.35 Å². The van der Waals surface area contributed by atoms with Crippen LogP contribution in [-0.4, -0.2) is 4.98 Å². The Bertz CT molecular complexity index is 547. The molecule has 0 spiro atoms. The smallest absolute Gasteiger partial charge is 0.183 e. The molecule has 1 heterocycles. The first-order valence-electron chi connectivity index (χ1n) is 4.55. The Morgan fingerprint density at radius 2 is 2.06 bits per heavy atom. The van der Waals surface area contributed by atoms with E-state index in [2.05, 4.69) is 42.2 Å². The van der Waals surface area contributed by atoms with Gasteiger partial charge in [-0.3, -0.25) is 0 Å². The van der Waals surface area contributed by atoms with Gasteiger partial charge in [-0.2, -0.15) is 0 Å². The Kier molecular flexibility index (Phi) is 4.41. The van der Waals surface area contributed by atoms with Crippen molar-refractivity contribution >= 4 is 60.5 Å². The number of benzene rings is 1. The van der Waals surface area contributed by atoms with Crippen LogP contribution in [0, 0.1) is 5.82 Å². The average Bonchev–Trinajstić information content (AvgIpc) is 2.68. The number of hydrogen-bond acceptors (Lipinski definition) is 3. The zero-order valence-electron chi connectivity index (χ0n) is 8.31. The van der Waals surface area contributed by atoms with Gasteiger partial charge >= 0.3 is 0 Å². The lowest BCUT2D eigenvalue weighted by Crippen LogP contribution is -2.00. The van der Waals surface area contributed by atoms with Crippen molar-refractivity contribution in [3.63, 3.8) is 0 Å². The molecule has 0 saturated carbocycles. The van der Waals surface area contributed by atoms with E-state index in [1.807, 2.05) is 0 Å². The van der Waals surface area contributed by atoms with Crippen LogP contribution in [0.1, 0.15) is 4.88 Å². The molecule has 0 radical (unpaired) electrons. The summed E-state index contributed by atoms with van der Waals surface area (Å²) in [6.45, 7) is 0.495. The number of nitrogens with zero attached hydrogens (tertiary/aromatic N) is 1. The first kappa shape index (κ1) is 13.3. The minimum atomic E-state index is -0.310. The van der Waals surface area contributed by atoms with Gasteiger partial charge in [0.1, 0.15) is 5.82 Å². The maximum absolute atomic E-state index is 13.6. The molecule has 0 aliphatic heterocycles. The van der Waals surface area contributed by atoms with Gasteiger partial charge in [0.2, 0.25) is 0 Å². The summed E-state index contributed by atoms with van der Waals surface area (Å²) in [7, 11) is 0. The third kappa shape index (κ3) is 3.40. The molecule has 0 atom stereocenters. The predicted octanol–water partition coefficient (Wildman–Crippen LogP) is 5.07. The van der Waals surface area contributed by atoms with Gasteiger partial charge in [0, 0.05) is 20.0 Å². The molecule has 0 aliphatic rings. The highest BCUT2D eigenvalue weighted by Gasteiger charge is 2.07. The number of halogens is 4. The molecular weight excluding hydrogens is 394 g/mol. The van der Waals surface area contributed by atoms with Gasteiger partial charge in [-0.25, -0.2) is 9.37 Å². The predicted molar refractivity (Wildman–Crippen MR) is 76.3 cm³/mol. The molecule has 17 heavy (non-hydrogen) atoms. The van der Waals surface area contributed by atoms with Crippen LogP contribution in [0.25, 0.3) is 0 Å². The Balaban J connectivity index is 2.11. The number of anilines is 1. The Hall–Kier alpha value is -0.170. The van der Waals surface area contributed by atoms with Crippen molar-refractivity contribution in [3.8, 4) is 0 Å².